The van der Waals surface area contributed by atoms with Gasteiger partial charge in [0, 0.05) is 5.56 Å². The van der Waals surface area contributed by atoms with Crippen LogP contribution in [0.5, 0.6) is 0 Å². The summed E-state index contributed by atoms with van der Waals surface area (Å²) >= 11 is 0. The number of hydrogen-bond acceptors (Lipinski definition) is 0. The molecule has 0 aliphatic carbocycles. The van der Waals surface area contributed by atoms with Crippen molar-refractivity contribution in [3.63, 3.8) is 0 Å². The SMILES string of the molecule is Cc1ccc(C[N+](C)(C(C)C)C(C)C)cc1. The molecule has 0 aromatic heterocycles. The molecule has 0 saturated carbocycles. The minimum Gasteiger partial charge on any atom is -0.318 e. The van der Waals surface area contributed by atoms with Gasteiger partial charge in [0.05, 0.1) is 19.1 Å². The Morgan fingerprint density at radius 1 is 0.938 bits per heavy atom. The van der Waals surface area contributed by atoms with E-state index < -0.39 is 0 Å². The average molecular weight is 220 g/mol. The predicted octanol–water partition coefficient (Wildman–Crippen LogP) is 3.76. The van der Waals surface area contributed by atoms with Crippen LogP contribution >= 0.6 is 0 Å². The van der Waals surface area contributed by atoms with Crippen molar-refractivity contribution in [3.05, 3.63) is 35.4 Å². The lowest BCUT2D eigenvalue weighted by atomic mass is 10.1. The number of benzene rings is 1. The summed E-state index contributed by atoms with van der Waals surface area (Å²) in [6.07, 6.45) is 0. The van der Waals surface area contributed by atoms with Gasteiger partial charge in [-0.3, -0.25) is 0 Å². The van der Waals surface area contributed by atoms with Gasteiger partial charge < -0.3 is 4.48 Å². The number of quaternary nitrogens is 1. The molecule has 0 heterocycles. The van der Waals surface area contributed by atoms with E-state index in [1.165, 1.54) is 11.1 Å². The van der Waals surface area contributed by atoms with E-state index >= 15 is 0 Å². The Labute approximate surface area is 101 Å². The zero-order valence-corrected chi connectivity index (χ0v) is 11.6. The van der Waals surface area contributed by atoms with E-state index in [2.05, 4.69) is 65.9 Å². The molecule has 1 rings (SSSR count). The molecular formula is C15H26N+. The molecule has 0 atom stereocenters. The minimum atomic E-state index is 0.654. The first kappa shape index (κ1) is 13.2. The Morgan fingerprint density at radius 2 is 1.38 bits per heavy atom. The van der Waals surface area contributed by atoms with Crippen molar-refractivity contribution in [2.45, 2.75) is 53.2 Å². The third-order valence-corrected chi connectivity index (χ3v) is 4.00. The van der Waals surface area contributed by atoms with Gasteiger partial charge in [0.25, 0.3) is 0 Å². The predicted molar refractivity (Wildman–Crippen MR) is 71.3 cm³/mol. The van der Waals surface area contributed by atoms with Crippen LogP contribution in [0.25, 0.3) is 0 Å². The highest BCUT2D eigenvalue weighted by Gasteiger charge is 2.29. The first-order valence-electron chi connectivity index (χ1n) is 6.26. The lowest BCUT2D eigenvalue weighted by Gasteiger charge is -2.42. The molecule has 1 nitrogen and oxygen atoms in total. The van der Waals surface area contributed by atoms with E-state index in [1.54, 1.807) is 0 Å². The topological polar surface area (TPSA) is 0 Å². The molecule has 0 amide bonds. The van der Waals surface area contributed by atoms with Crippen LogP contribution in [0.1, 0.15) is 38.8 Å². The van der Waals surface area contributed by atoms with E-state index in [4.69, 9.17) is 0 Å². The highest BCUT2D eigenvalue weighted by Crippen LogP contribution is 2.21. The fraction of sp³-hybridized carbons (Fsp3) is 0.600. The summed E-state index contributed by atoms with van der Waals surface area (Å²) in [7, 11) is 2.36. The number of nitrogens with zero attached hydrogens (tertiary/aromatic N) is 1. The monoisotopic (exact) mass is 220 g/mol. The first-order chi connectivity index (χ1) is 7.36. The van der Waals surface area contributed by atoms with Crippen molar-refractivity contribution in [1.82, 2.24) is 0 Å². The zero-order chi connectivity index (χ0) is 12.3. The Bertz CT molecular complexity index is 314. The van der Waals surface area contributed by atoms with Crippen molar-refractivity contribution >= 4 is 0 Å². The maximum absolute atomic E-state index is 2.36. The summed E-state index contributed by atoms with van der Waals surface area (Å²) in [4.78, 5) is 0. The van der Waals surface area contributed by atoms with E-state index in [-0.39, 0.29) is 0 Å². The standard InChI is InChI=1S/C15H26N/c1-12(2)16(6,13(3)4)11-15-9-7-14(5)8-10-15/h7-10,12-13H,11H2,1-6H3/q+1. The Morgan fingerprint density at radius 3 is 1.75 bits per heavy atom. The van der Waals surface area contributed by atoms with E-state index in [9.17, 15) is 0 Å². The lowest BCUT2D eigenvalue weighted by molar-refractivity contribution is -0.961. The maximum atomic E-state index is 2.36. The van der Waals surface area contributed by atoms with Crippen LogP contribution in [0.3, 0.4) is 0 Å². The largest absolute Gasteiger partial charge is 0.318 e. The molecule has 1 heteroatoms. The molecular weight excluding hydrogens is 194 g/mol. The molecule has 0 saturated heterocycles. The van der Waals surface area contributed by atoms with Crippen molar-refractivity contribution in [3.8, 4) is 0 Å². The summed E-state index contributed by atoms with van der Waals surface area (Å²) in [6.45, 7) is 12.5. The molecule has 90 valence electrons. The lowest BCUT2D eigenvalue weighted by Crippen LogP contribution is -2.53. The van der Waals surface area contributed by atoms with Crippen molar-refractivity contribution in [2.24, 2.45) is 0 Å². The molecule has 0 radical (unpaired) electrons. The van der Waals surface area contributed by atoms with E-state index in [0.717, 1.165) is 11.0 Å². The summed E-state index contributed by atoms with van der Waals surface area (Å²) in [5.74, 6) is 0. The molecule has 0 unspecified atom stereocenters. The molecule has 0 spiro atoms. The van der Waals surface area contributed by atoms with Crippen LogP contribution in [0, 0.1) is 6.92 Å². The van der Waals surface area contributed by atoms with Gasteiger partial charge in [-0.25, -0.2) is 0 Å². The smallest absolute Gasteiger partial charge is 0.105 e. The van der Waals surface area contributed by atoms with Crippen molar-refractivity contribution in [2.75, 3.05) is 7.05 Å². The molecule has 0 bridgehead atoms. The number of aryl methyl sites for hydroxylation is 1. The van der Waals surface area contributed by atoms with Gasteiger partial charge in [0.2, 0.25) is 0 Å². The van der Waals surface area contributed by atoms with Gasteiger partial charge in [0.15, 0.2) is 0 Å². The van der Waals surface area contributed by atoms with Gasteiger partial charge in [-0.15, -0.1) is 0 Å². The summed E-state index contributed by atoms with van der Waals surface area (Å²) in [6, 6.07) is 10.2. The van der Waals surface area contributed by atoms with Crippen molar-refractivity contribution < 1.29 is 4.48 Å². The molecule has 1 aromatic rings. The third kappa shape index (κ3) is 2.85. The zero-order valence-electron chi connectivity index (χ0n) is 11.6. The van der Waals surface area contributed by atoms with E-state index in [1.807, 2.05) is 0 Å². The maximum Gasteiger partial charge on any atom is 0.105 e. The van der Waals surface area contributed by atoms with Crippen LogP contribution in [0.4, 0.5) is 0 Å². The summed E-state index contributed by atoms with van der Waals surface area (Å²) < 4.78 is 1.10. The Balaban J connectivity index is 2.88. The molecule has 0 fully saturated rings. The van der Waals surface area contributed by atoms with Crippen LogP contribution in [-0.2, 0) is 6.54 Å². The number of rotatable bonds is 4. The molecule has 0 aliphatic heterocycles. The summed E-state index contributed by atoms with van der Waals surface area (Å²) in [5.41, 5.74) is 2.78. The Kier molecular flexibility index (Phi) is 4.15. The molecule has 0 N–H and O–H groups in total. The molecule has 0 aliphatic rings. The fourth-order valence-electron chi connectivity index (χ4n) is 2.05. The average Bonchev–Trinajstić information content (AvgIpc) is 2.20. The van der Waals surface area contributed by atoms with Crippen LogP contribution in [0.2, 0.25) is 0 Å². The third-order valence-electron chi connectivity index (χ3n) is 4.00. The molecule has 1 aromatic carbocycles. The quantitative estimate of drug-likeness (QED) is 0.678. The van der Waals surface area contributed by atoms with Crippen LogP contribution in [0.15, 0.2) is 24.3 Å². The van der Waals surface area contributed by atoms with Gasteiger partial charge in [-0.05, 0) is 34.6 Å². The fourth-order valence-corrected chi connectivity index (χ4v) is 2.05. The second-order valence-electron chi connectivity index (χ2n) is 5.68. The highest BCUT2D eigenvalue weighted by molar-refractivity contribution is 5.20. The van der Waals surface area contributed by atoms with Gasteiger partial charge in [0.1, 0.15) is 6.54 Å². The second-order valence-corrected chi connectivity index (χ2v) is 5.68. The van der Waals surface area contributed by atoms with Gasteiger partial charge >= 0.3 is 0 Å². The van der Waals surface area contributed by atoms with Gasteiger partial charge in [-0.1, -0.05) is 29.8 Å². The second kappa shape index (κ2) is 5.01. The molecule has 16 heavy (non-hydrogen) atoms. The van der Waals surface area contributed by atoms with Crippen molar-refractivity contribution in [1.29, 1.82) is 0 Å². The summed E-state index contributed by atoms with van der Waals surface area (Å²) in [5, 5.41) is 0. The van der Waals surface area contributed by atoms with Crippen LogP contribution in [-0.4, -0.2) is 23.6 Å². The normalized spacial score (nSPS) is 12.5. The Hall–Kier alpha value is -0.820. The highest BCUT2D eigenvalue weighted by atomic mass is 15.4. The van der Waals surface area contributed by atoms with Crippen LogP contribution < -0.4 is 0 Å². The first-order valence-corrected chi connectivity index (χ1v) is 6.26. The minimum absolute atomic E-state index is 0.654. The van der Waals surface area contributed by atoms with E-state index in [0.29, 0.717) is 12.1 Å². The number of hydrogen-bond donors (Lipinski definition) is 0. The van der Waals surface area contributed by atoms with Gasteiger partial charge in [-0.2, -0.15) is 0 Å².